The molecule has 16 heavy (non-hydrogen) atoms. The molecule has 0 aromatic rings. The molecule has 0 unspecified atom stereocenters. The molecule has 5 heteroatoms. The molecule has 0 saturated heterocycles. The number of hydrogen-bond acceptors (Lipinski definition) is 4. The Kier molecular flexibility index (Phi) is 11.6. The van der Waals surface area contributed by atoms with Gasteiger partial charge in [-0.3, -0.25) is 0 Å². The van der Waals surface area contributed by atoms with Crippen LogP contribution in [0, 0.1) is 0 Å². The van der Waals surface area contributed by atoms with Crippen molar-refractivity contribution in [2.24, 2.45) is 0 Å². The Hall–Kier alpha value is -0.810. The summed E-state index contributed by atoms with van der Waals surface area (Å²) in [6.45, 7) is 4.34. The first-order valence-corrected chi connectivity index (χ1v) is 5.78. The molecule has 0 bridgehead atoms. The van der Waals surface area contributed by atoms with Crippen LogP contribution >= 0.6 is 0 Å². The maximum absolute atomic E-state index is 9.96. The Morgan fingerprint density at radius 1 is 0.938 bits per heavy atom. The molecule has 0 atom stereocenters. The Morgan fingerprint density at radius 3 is 2.19 bits per heavy atom. The molecule has 5 nitrogen and oxygen atoms in total. The van der Waals surface area contributed by atoms with Crippen LogP contribution in [0.2, 0.25) is 0 Å². The van der Waals surface area contributed by atoms with Gasteiger partial charge in [0.1, 0.15) is 6.61 Å². The fraction of sp³-hybridized carbons (Fsp3) is 0.909. The van der Waals surface area contributed by atoms with Crippen molar-refractivity contribution in [2.75, 3.05) is 33.0 Å². The maximum atomic E-state index is 9.96. The predicted octanol–water partition coefficient (Wildman–Crippen LogP) is 2.29. The van der Waals surface area contributed by atoms with Gasteiger partial charge in [-0.15, -0.1) is 0 Å². The Morgan fingerprint density at radius 2 is 1.56 bits per heavy atom. The van der Waals surface area contributed by atoms with Gasteiger partial charge in [0, 0.05) is 6.61 Å². The third-order valence-electron chi connectivity index (χ3n) is 1.97. The highest BCUT2D eigenvalue weighted by Crippen LogP contribution is 1.98. The van der Waals surface area contributed by atoms with Crippen molar-refractivity contribution in [1.29, 1.82) is 0 Å². The summed E-state index contributed by atoms with van der Waals surface area (Å²) in [5.74, 6) is 0. The van der Waals surface area contributed by atoms with Crippen LogP contribution in [0.5, 0.6) is 0 Å². The Labute approximate surface area is 96.7 Å². The molecular formula is C11H22O5. The molecule has 0 aromatic carbocycles. The summed E-state index contributed by atoms with van der Waals surface area (Å²) >= 11 is 0. The normalized spacial score (nSPS) is 10.3. The van der Waals surface area contributed by atoms with E-state index in [9.17, 15) is 4.79 Å². The van der Waals surface area contributed by atoms with Crippen molar-refractivity contribution < 1.29 is 24.1 Å². The van der Waals surface area contributed by atoms with Gasteiger partial charge in [0.2, 0.25) is 0 Å². The van der Waals surface area contributed by atoms with E-state index in [1.54, 1.807) is 0 Å². The van der Waals surface area contributed by atoms with E-state index < -0.39 is 6.16 Å². The zero-order chi connectivity index (χ0) is 12.1. The number of hydrogen-bond donors (Lipinski definition) is 1. The quantitative estimate of drug-likeness (QED) is 0.439. The van der Waals surface area contributed by atoms with Crippen LogP contribution in [0.1, 0.15) is 32.6 Å². The van der Waals surface area contributed by atoms with Crippen molar-refractivity contribution in [1.82, 2.24) is 0 Å². The van der Waals surface area contributed by atoms with E-state index in [4.69, 9.17) is 14.6 Å². The fourth-order valence-electron chi connectivity index (χ4n) is 1.14. The third-order valence-corrected chi connectivity index (χ3v) is 1.97. The van der Waals surface area contributed by atoms with Gasteiger partial charge in [0.05, 0.1) is 19.8 Å². The summed E-state index contributed by atoms with van der Waals surface area (Å²) < 4.78 is 14.7. The zero-order valence-electron chi connectivity index (χ0n) is 9.94. The lowest BCUT2D eigenvalue weighted by Gasteiger charge is -2.05. The molecule has 0 radical (unpaired) electrons. The summed E-state index contributed by atoms with van der Waals surface area (Å²) in [6.07, 6.45) is 3.52. The van der Waals surface area contributed by atoms with Gasteiger partial charge in [-0.05, 0) is 6.42 Å². The van der Waals surface area contributed by atoms with E-state index in [0.29, 0.717) is 13.2 Å². The minimum atomic E-state index is -1.27. The van der Waals surface area contributed by atoms with Gasteiger partial charge >= 0.3 is 6.16 Å². The minimum Gasteiger partial charge on any atom is -0.450 e. The summed E-state index contributed by atoms with van der Waals surface area (Å²) in [5, 5.41) is 8.15. The summed E-state index contributed by atoms with van der Waals surface area (Å²) in [5.41, 5.74) is 0. The van der Waals surface area contributed by atoms with Crippen molar-refractivity contribution in [3.05, 3.63) is 0 Å². The lowest BCUT2D eigenvalue weighted by molar-refractivity contribution is 0.0182. The lowest BCUT2D eigenvalue weighted by Crippen LogP contribution is -2.11. The highest BCUT2D eigenvalue weighted by molar-refractivity contribution is 5.56. The molecule has 0 rings (SSSR count). The van der Waals surface area contributed by atoms with Gasteiger partial charge in [0.15, 0.2) is 0 Å². The number of carbonyl (C=O) groups is 1. The number of ether oxygens (including phenoxy) is 3. The molecule has 1 N–H and O–H groups in total. The van der Waals surface area contributed by atoms with Crippen LogP contribution in [0.3, 0.4) is 0 Å². The van der Waals surface area contributed by atoms with Crippen molar-refractivity contribution in [3.8, 4) is 0 Å². The average molecular weight is 234 g/mol. The minimum absolute atomic E-state index is 0.0752. The summed E-state index contributed by atoms with van der Waals surface area (Å²) in [6, 6.07) is 0. The van der Waals surface area contributed by atoms with Crippen molar-refractivity contribution in [2.45, 2.75) is 32.6 Å². The second-order valence-electron chi connectivity index (χ2n) is 3.40. The molecule has 0 amide bonds. The van der Waals surface area contributed by atoms with E-state index in [1.165, 1.54) is 19.3 Å². The van der Waals surface area contributed by atoms with E-state index >= 15 is 0 Å². The monoisotopic (exact) mass is 234 g/mol. The number of unbranched alkanes of at least 4 members (excludes halogenated alkanes) is 3. The van der Waals surface area contributed by atoms with Crippen LogP contribution in [0.25, 0.3) is 0 Å². The smallest absolute Gasteiger partial charge is 0.450 e. The average Bonchev–Trinajstić information content (AvgIpc) is 2.25. The second kappa shape index (κ2) is 12.3. The maximum Gasteiger partial charge on any atom is 0.505 e. The standard InChI is InChI=1S/C11H22O5/c1-2-3-4-5-6-14-7-8-15-9-10-16-11(12)13/h2-10H2,1H3,(H,12,13). The molecule has 0 fully saturated rings. The second-order valence-corrected chi connectivity index (χ2v) is 3.40. The van der Waals surface area contributed by atoms with Gasteiger partial charge in [-0.1, -0.05) is 26.2 Å². The zero-order valence-corrected chi connectivity index (χ0v) is 9.94. The molecule has 0 aliphatic carbocycles. The molecule has 0 spiro atoms. The first-order valence-electron chi connectivity index (χ1n) is 5.78. The van der Waals surface area contributed by atoms with Crippen LogP contribution < -0.4 is 0 Å². The first-order chi connectivity index (χ1) is 7.77. The number of carboxylic acid groups (broad SMARTS) is 1. The van der Waals surface area contributed by atoms with Gasteiger partial charge in [-0.2, -0.15) is 0 Å². The summed E-state index contributed by atoms with van der Waals surface area (Å²) in [7, 11) is 0. The molecule has 96 valence electrons. The molecule has 0 heterocycles. The van der Waals surface area contributed by atoms with E-state index in [1.807, 2.05) is 0 Å². The highest BCUT2D eigenvalue weighted by atomic mass is 16.7. The van der Waals surface area contributed by atoms with Gasteiger partial charge in [0.25, 0.3) is 0 Å². The fourth-order valence-corrected chi connectivity index (χ4v) is 1.14. The third kappa shape index (κ3) is 13.2. The molecule has 0 aromatic heterocycles. The molecule has 0 saturated carbocycles. The van der Waals surface area contributed by atoms with E-state index in [0.717, 1.165) is 13.0 Å². The largest absolute Gasteiger partial charge is 0.505 e. The van der Waals surface area contributed by atoms with Gasteiger partial charge < -0.3 is 19.3 Å². The van der Waals surface area contributed by atoms with Crippen LogP contribution in [0.15, 0.2) is 0 Å². The molecule has 0 aliphatic heterocycles. The van der Waals surface area contributed by atoms with Gasteiger partial charge in [-0.25, -0.2) is 4.79 Å². The molecular weight excluding hydrogens is 212 g/mol. The Bertz CT molecular complexity index is 160. The Balaban J connectivity index is 2.90. The first kappa shape index (κ1) is 15.2. The van der Waals surface area contributed by atoms with Crippen LogP contribution in [-0.4, -0.2) is 44.3 Å². The van der Waals surface area contributed by atoms with Crippen molar-refractivity contribution in [3.63, 3.8) is 0 Å². The summed E-state index contributed by atoms with van der Waals surface area (Å²) in [4.78, 5) is 9.96. The number of rotatable bonds is 11. The van der Waals surface area contributed by atoms with Crippen LogP contribution in [-0.2, 0) is 14.2 Å². The SMILES string of the molecule is CCCCCCOCCOCCOC(=O)O. The van der Waals surface area contributed by atoms with Crippen molar-refractivity contribution >= 4 is 6.16 Å². The lowest BCUT2D eigenvalue weighted by atomic mass is 10.2. The predicted molar refractivity (Wildman–Crippen MR) is 59.8 cm³/mol. The van der Waals surface area contributed by atoms with Crippen LogP contribution in [0.4, 0.5) is 4.79 Å². The topological polar surface area (TPSA) is 65.0 Å². The van der Waals surface area contributed by atoms with E-state index in [2.05, 4.69) is 11.7 Å². The highest BCUT2D eigenvalue weighted by Gasteiger charge is 1.95. The van der Waals surface area contributed by atoms with E-state index in [-0.39, 0.29) is 13.2 Å². The molecule has 0 aliphatic rings.